The van der Waals surface area contributed by atoms with Crippen molar-refractivity contribution in [3.05, 3.63) is 50.1 Å². The third-order valence-corrected chi connectivity index (χ3v) is 4.89. The van der Waals surface area contributed by atoms with Crippen LogP contribution in [-0.2, 0) is 0 Å². The molecule has 0 N–H and O–H groups in total. The molecule has 0 aliphatic heterocycles. The molecule has 21 heavy (non-hydrogen) atoms. The number of rotatable bonds is 4. The van der Waals surface area contributed by atoms with Crippen molar-refractivity contribution in [3.8, 4) is 6.07 Å². The summed E-state index contributed by atoms with van der Waals surface area (Å²) in [5.41, 5.74) is 3.16. The number of carbonyl (C=O) groups excluding carboxylic acids is 1. The molecule has 1 amide bonds. The van der Waals surface area contributed by atoms with E-state index < -0.39 is 0 Å². The standard InChI is InChI=1S/C16H15BrN2OS/c1-11-4-5-13(10-12(11)2)19(9-3-8-18)16(20)14-6-7-15(17)21-14/h4-7,10H,3,9H2,1-2H3. The van der Waals surface area contributed by atoms with Gasteiger partial charge in [-0.1, -0.05) is 6.07 Å². The Labute approximate surface area is 136 Å². The summed E-state index contributed by atoms with van der Waals surface area (Å²) in [5.74, 6) is -0.0656. The van der Waals surface area contributed by atoms with Crippen LogP contribution < -0.4 is 4.90 Å². The van der Waals surface area contributed by atoms with E-state index in [1.165, 1.54) is 16.9 Å². The maximum Gasteiger partial charge on any atom is 0.268 e. The van der Waals surface area contributed by atoms with E-state index in [2.05, 4.69) is 22.0 Å². The summed E-state index contributed by atoms with van der Waals surface area (Å²) in [6.45, 7) is 4.46. The molecule has 2 rings (SSSR count). The van der Waals surface area contributed by atoms with E-state index >= 15 is 0 Å². The number of anilines is 1. The quantitative estimate of drug-likeness (QED) is 0.791. The Kier molecular flexibility index (Phi) is 5.16. The number of thiophene rings is 1. The molecule has 1 heterocycles. The lowest BCUT2D eigenvalue weighted by Crippen LogP contribution is -2.31. The fourth-order valence-electron chi connectivity index (χ4n) is 1.97. The van der Waals surface area contributed by atoms with Gasteiger partial charge in [0.1, 0.15) is 0 Å². The molecular formula is C16H15BrN2OS. The molecule has 0 saturated carbocycles. The third-order valence-electron chi connectivity index (χ3n) is 3.28. The average molecular weight is 363 g/mol. The smallest absolute Gasteiger partial charge is 0.268 e. The van der Waals surface area contributed by atoms with Gasteiger partial charge >= 0.3 is 0 Å². The van der Waals surface area contributed by atoms with Gasteiger partial charge in [-0.3, -0.25) is 4.79 Å². The van der Waals surface area contributed by atoms with Crippen molar-refractivity contribution in [3.63, 3.8) is 0 Å². The van der Waals surface area contributed by atoms with Crippen molar-refractivity contribution in [1.82, 2.24) is 0 Å². The fourth-order valence-corrected chi connectivity index (χ4v) is 3.30. The van der Waals surface area contributed by atoms with E-state index in [0.29, 0.717) is 17.8 Å². The maximum absolute atomic E-state index is 12.7. The second kappa shape index (κ2) is 6.88. The van der Waals surface area contributed by atoms with Crippen LogP contribution in [0.4, 0.5) is 5.69 Å². The van der Waals surface area contributed by atoms with E-state index in [9.17, 15) is 4.79 Å². The highest BCUT2D eigenvalue weighted by Gasteiger charge is 2.19. The zero-order chi connectivity index (χ0) is 15.4. The van der Waals surface area contributed by atoms with Crippen molar-refractivity contribution >= 4 is 38.9 Å². The van der Waals surface area contributed by atoms with Crippen LogP contribution >= 0.6 is 27.3 Å². The number of halogens is 1. The molecule has 0 spiro atoms. The van der Waals surface area contributed by atoms with Gasteiger partial charge in [0, 0.05) is 12.2 Å². The fraction of sp³-hybridized carbons (Fsp3) is 0.250. The van der Waals surface area contributed by atoms with Crippen molar-refractivity contribution in [1.29, 1.82) is 5.26 Å². The molecule has 0 unspecified atom stereocenters. The van der Waals surface area contributed by atoms with Crippen molar-refractivity contribution < 1.29 is 4.79 Å². The first-order valence-electron chi connectivity index (χ1n) is 6.54. The predicted molar refractivity (Wildman–Crippen MR) is 89.8 cm³/mol. The highest BCUT2D eigenvalue weighted by atomic mass is 79.9. The van der Waals surface area contributed by atoms with Gasteiger partial charge in [-0.25, -0.2) is 0 Å². The highest BCUT2D eigenvalue weighted by molar-refractivity contribution is 9.11. The Morgan fingerprint density at radius 3 is 2.62 bits per heavy atom. The van der Waals surface area contributed by atoms with Crippen LogP contribution in [0.25, 0.3) is 0 Å². The van der Waals surface area contributed by atoms with Gasteiger partial charge in [0.25, 0.3) is 5.91 Å². The molecule has 3 nitrogen and oxygen atoms in total. The normalized spacial score (nSPS) is 10.2. The lowest BCUT2D eigenvalue weighted by molar-refractivity contribution is 0.0991. The van der Waals surface area contributed by atoms with Gasteiger partial charge < -0.3 is 4.90 Å². The zero-order valence-corrected chi connectivity index (χ0v) is 14.3. The van der Waals surface area contributed by atoms with Gasteiger partial charge in [0.2, 0.25) is 0 Å². The summed E-state index contributed by atoms with van der Waals surface area (Å²) in [7, 11) is 0. The molecule has 0 saturated heterocycles. The number of carbonyl (C=O) groups is 1. The van der Waals surface area contributed by atoms with Crippen molar-refractivity contribution in [2.24, 2.45) is 0 Å². The lowest BCUT2D eigenvalue weighted by atomic mass is 10.1. The highest BCUT2D eigenvalue weighted by Crippen LogP contribution is 2.26. The minimum absolute atomic E-state index is 0.0656. The van der Waals surface area contributed by atoms with E-state index in [-0.39, 0.29) is 5.91 Å². The Morgan fingerprint density at radius 1 is 1.29 bits per heavy atom. The molecule has 5 heteroatoms. The molecular weight excluding hydrogens is 348 g/mol. The number of aryl methyl sites for hydroxylation is 2. The summed E-state index contributed by atoms with van der Waals surface area (Å²) >= 11 is 4.78. The SMILES string of the molecule is Cc1ccc(N(CCC#N)C(=O)c2ccc(Br)s2)cc1C. The van der Waals surface area contributed by atoms with E-state index in [0.717, 1.165) is 15.0 Å². The number of nitrogens with zero attached hydrogens (tertiary/aromatic N) is 2. The summed E-state index contributed by atoms with van der Waals surface area (Å²) < 4.78 is 0.922. The molecule has 0 aliphatic rings. The molecule has 0 fully saturated rings. The molecule has 0 radical (unpaired) electrons. The topological polar surface area (TPSA) is 44.1 Å². The van der Waals surface area contributed by atoms with Gasteiger partial charge in [0.15, 0.2) is 0 Å². The zero-order valence-electron chi connectivity index (χ0n) is 11.9. The second-order valence-electron chi connectivity index (χ2n) is 4.74. The number of benzene rings is 1. The number of hydrogen-bond donors (Lipinski definition) is 0. The Hall–Kier alpha value is -1.64. The molecule has 0 atom stereocenters. The van der Waals surface area contributed by atoms with Crippen molar-refractivity contribution in [2.75, 3.05) is 11.4 Å². The largest absolute Gasteiger partial charge is 0.307 e. The summed E-state index contributed by atoms with van der Waals surface area (Å²) in [6.07, 6.45) is 0.311. The number of amides is 1. The first-order valence-corrected chi connectivity index (χ1v) is 8.15. The van der Waals surface area contributed by atoms with E-state index in [1.807, 2.05) is 38.1 Å². The summed E-state index contributed by atoms with van der Waals surface area (Å²) in [5, 5.41) is 8.82. The van der Waals surface area contributed by atoms with Crippen LogP contribution in [0.5, 0.6) is 0 Å². The molecule has 1 aromatic heterocycles. The molecule has 1 aromatic carbocycles. The Morgan fingerprint density at radius 2 is 2.05 bits per heavy atom. The molecule has 0 aliphatic carbocycles. The number of nitriles is 1. The van der Waals surface area contributed by atoms with Gasteiger partial charge in [-0.15, -0.1) is 11.3 Å². The minimum Gasteiger partial charge on any atom is -0.307 e. The van der Waals surface area contributed by atoms with Crippen molar-refractivity contribution in [2.45, 2.75) is 20.3 Å². The van der Waals surface area contributed by atoms with Crippen LogP contribution in [0.1, 0.15) is 27.2 Å². The first kappa shape index (κ1) is 15.7. The van der Waals surface area contributed by atoms with Gasteiger partial charge in [0.05, 0.1) is 21.2 Å². The van der Waals surface area contributed by atoms with E-state index in [1.54, 1.807) is 11.0 Å². The van der Waals surface area contributed by atoms with Crippen LogP contribution in [-0.4, -0.2) is 12.5 Å². The van der Waals surface area contributed by atoms with Crippen LogP contribution in [0.3, 0.4) is 0 Å². The van der Waals surface area contributed by atoms with Crippen LogP contribution in [0.15, 0.2) is 34.1 Å². The first-order chi connectivity index (χ1) is 10.0. The third kappa shape index (κ3) is 3.72. The van der Waals surface area contributed by atoms with Crippen LogP contribution in [0.2, 0.25) is 0 Å². The second-order valence-corrected chi connectivity index (χ2v) is 7.20. The Balaban J connectivity index is 2.35. The average Bonchev–Trinajstić information content (AvgIpc) is 2.89. The van der Waals surface area contributed by atoms with Crippen LogP contribution in [0, 0.1) is 25.2 Å². The monoisotopic (exact) mass is 362 g/mol. The molecule has 0 bridgehead atoms. The molecule has 2 aromatic rings. The molecule has 108 valence electrons. The van der Waals surface area contributed by atoms with E-state index in [4.69, 9.17) is 5.26 Å². The van der Waals surface area contributed by atoms with Gasteiger partial charge in [-0.2, -0.15) is 5.26 Å². The number of hydrogen-bond acceptors (Lipinski definition) is 3. The Bertz CT molecular complexity index is 703. The lowest BCUT2D eigenvalue weighted by Gasteiger charge is -2.22. The maximum atomic E-state index is 12.7. The summed E-state index contributed by atoms with van der Waals surface area (Å²) in [6, 6.07) is 11.7. The minimum atomic E-state index is -0.0656. The predicted octanol–water partition coefficient (Wildman–Crippen LogP) is 4.69. The summed E-state index contributed by atoms with van der Waals surface area (Å²) in [4.78, 5) is 15.0. The van der Waals surface area contributed by atoms with Gasteiger partial charge in [-0.05, 0) is 65.2 Å².